The molecular weight excluding hydrogens is 343 g/mol. The van der Waals surface area contributed by atoms with Gasteiger partial charge in [-0.2, -0.15) is 0 Å². The molecular formula is C22H17FN2O2. The first-order valence-electron chi connectivity index (χ1n) is 8.63. The molecule has 0 saturated heterocycles. The summed E-state index contributed by atoms with van der Waals surface area (Å²) in [6, 6.07) is 22.3. The summed E-state index contributed by atoms with van der Waals surface area (Å²) in [6.45, 7) is 0.432. The predicted molar refractivity (Wildman–Crippen MR) is 102 cm³/mol. The number of para-hydroxylation sites is 2. The van der Waals surface area contributed by atoms with Gasteiger partial charge in [0, 0.05) is 6.42 Å². The highest BCUT2D eigenvalue weighted by molar-refractivity contribution is 5.83. The van der Waals surface area contributed by atoms with E-state index in [1.165, 1.54) is 12.4 Å². The van der Waals surface area contributed by atoms with E-state index in [2.05, 4.69) is 9.97 Å². The highest BCUT2D eigenvalue weighted by atomic mass is 19.1. The summed E-state index contributed by atoms with van der Waals surface area (Å²) < 4.78 is 25.3. The van der Waals surface area contributed by atoms with Crippen LogP contribution >= 0.6 is 0 Å². The molecule has 0 aliphatic carbocycles. The highest BCUT2D eigenvalue weighted by Gasteiger charge is 2.08. The van der Waals surface area contributed by atoms with Crippen LogP contribution in [-0.4, -0.2) is 16.6 Å². The van der Waals surface area contributed by atoms with E-state index in [1.807, 2.05) is 54.6 Å². The van der Waals surface area contributed by atoms with Crippen molar-refractivity contribution < 1.29 is 13.9 Å². The maximum absolute atomic E-state index is 13.8. The average Bonchev–Trinajstić information content (AvgIpc) is 2.71. The molecule has 5 heteroatoms. The summed E-state index contributed by atoms with van der Waals surface area (Å²) in [5.41, 5.74) is 1.38. The summed E-state index contributed by atoms with van der Waals surface area (Å²) in [5.74, 6) is 1.59. The van der Waals surface area contributed by atoms with Crippen LogP contribution in [0.5, 0.6) is 17.4 Å². The largest absolute Gasteiger partial charge is 0.477 e. The molecule has 4 aromatic rings. The number of aromatic nitrogens is 2. The fourth-order valence-electron chi connectivity index (χ4n) is 2.76. The van der Waals surface area contributed by atoms with E-state index in [0.29, 0.717) is 24.3 Å². The Balaban J connectivity index is 1.38. The Morgan fingerprint density at radius 1 is 0.778 bits per heavy atom. The molecule has 1 aromatic heterocycles. The van der Waals surface area contributed by atoms with Gasteiger partial charge in [-0.25, -0.2) is 14.4 Å². The van der Waals surface area contributed by atoms with E-state index in [4.69, 9.17) is 9.47 Å². The lowest BCUT2D eigenvalue weighted by Crippen LogP contribution is -2.04. The van der Waals surface area contributed by atoms with Crippen molar-refractivity contribution >= 4 is 10.9 Å². The number of ether oxygens (including phenoxy) is 2. The smallest absolute Gasteiger partial charge is 0.224 e. The molecule has 134 valence electrons. The number of hydrogen-bond donors (Lipinski definition) is 0. The summed E-state index contributed by atoms with van der Waals surface area (Å²) in [4.78, 5) is 8.09. The minimum Gasteiger partial charge on any atom is -0.477 e. The number of halogens is 1. The highest BCUT2D eigenvalue weighted by Crippen LogP contribution is 2.24. The van der Waals surface area contributed by atoms with Crippen LogP contribution in [0.2, 0.25) is 0 Å². The zero-order chi connectivity index (χ0) is 18.5. The van der Waals surface area contributed by atoms with Crippen LogP contribution < -0.4 is 9.47 Å². The molecule has 3 aromatic carbocycles. The third-order valence-corrected chi connectivity index (χ3v) is 4.11. The van der Waals surface area contributed by atoms with E-state index in [-0.39, 0.29) is 11.3 Å². The van der Waals surface area contributed by atoms with Crippen molar-refractivity contribution in [2.24, 2.45) is 0 Å². The summed E-state index contributed by atoms with van der Waals surface area (Å²) in [7, 11) is 0. The van der Waals surface area contributed by atoms with E-state index < -0.39 is 0 Å². The first-order chi connectivity index (χ1) is 13.3. The first-order valence-corrected chi connectivity index (χ1v) is 8.63. The predicted octanol–water partition coefficient (Wildman–Crippen LogP) is 5.18. The first kappa shape index (κ1) is 17.0. The molecule has 0 aliphatic rings. The van der Waals surface area contributed by atoms with Gasteiger partial charge in [-0.1, -0.05) is 36.4 Å². The standard InChI is InChI=1S/C22H17FN2O2/c23-20-8-4-7-19-21(20)24-15-25-22(19)26-14-13-16-9-11-18(12-10-16)27-17-5-2-1-3-6-17/h1-12,15H,13-14H2. The third-order valence-electron chi connectivity index (χ3n) is 4.11. The fraction of sp³-hybridized carbons (Fsp3) is 0.0909. The number of nitrogens with zero attached hydrogens (tertiary/aromatic N) is 2. The molecule has 0 aliphatic heterocycles. The monoisotopic (exact) mass is 360 g/mol. The van der Waals surface area contributed by atoms with E-state index in [1.54, 1.807) is 12.1 Å². The third kappa shape index (κ3) is 4.03. The molecule has 0 saturated carbocycles. The van der Waals surface area contributed by atoms with Gasteiger partial charge in [0.1, 0.15) is 29.2 Å². The molecule has 1 heterocycles. The van der Waals surface area contributed by atoms with Gasteiger partial charge in [0.2, 0.25) is 5.88 Å². The quantitative estimate of drug-likeness (QED) is 0.475. The van der Waals surface area contributed by atoms with Crippen molar-refractivity contribution in [2.75, 3.05) is 6.61 Å². The van der Waals surface area contributed by atoms with Gasteiger partial charge in [-0.15, -0.1) is 0 Å². The molecule has 0 fully saturated rings. The Morgan fingerprint density at radius 2 is 1.56 bits per heavy atom. The number of rotatable bonds is 6. The van der Waals surface area contributed by atoms with Crippen LogP contribution in [0.15, 0.2) is 79.1 Å². The Morgan fingerprint density at radius 3 is 2.37 bits per heavy atom. The van der Waals surface area contributed by atoms with Gasteiger partial charge in [0.25, 0.3) is 0 Å². The van der Waals surface area contributed by atoms with Gasteiger partial charge in [-0.05, 0) is 42.0 Å². The molecule has 27 heavy (non-hydrogen) atoms. The molecule has 0 radical (unpaired) electrons. The van der Waals surface area contributed by atoms with Crippen LogP contribution in [0, 0.1) is 5.82 Å². The normalized spacial score (nSPS) is 10.7. The lowest BCUT2D eigenvalue weighted by molar-refractivity contribution is 0.313. The summed E-state index contributed by atoms with van der Waals surface area (Å²) >= 11 is 0. The van der Waals surface area contributed by atoms with Gasteiger partial charge in [0.05, 0.1) is 12.0 Å². The average molecular weight is 360 g/mol. The second kappa shape index (κ2) is 7.83. The summed E-state index contributed by atoms with van der Waals surface area (Å²) in [6.07, 6.45) is 2.02. The Hall–Kier alpha value is -3.47. The van der Waals surface area contributed by atoms with Crippen molar-refractivity contribution in [3.05, 3.63) is 90.5 Å². The van der Waals surface area contributed by atoms with Crippen molar-refractivity contribution in [1.82, 2.24) is 9.97 Å². The lowest BCUT2D eigenvalue weighted by atomic mass is 10.1. The SMILES string of the molecule is Fc1cccc2c(OCCc3ccc(Oc4ccccc4)cc3)ncnc12. The van der Waals surface area contributed by atoms with E-state index in [0.717, 1.165) is 17.1 Å². The lowest BCUT2D eigenvalue weighted by Gasteiger charge is -2.09. The van der Waals surface area contributed by atoms with E-state index >= 15 is 0 Å². The molecule has 4 rings (SSSR count). The maximum Gasteiger partial charge on any atom is 0.224 e. The molecule has 0 amide bonds. The Bertz CT molecular complexity index is 1040. The molecule has 0 bridgehead atoms. The zero-order valence-corrected chi connectivity index (χ0v) is 14.5. The van der Waals surface area contributed by atoms with Crippen molar-refractivity contribution in [1.29, 1.82) is 0 Å². The molecule has 0 unspecified atom stereocenters. The Labute approximate surface area is 156 Å². The van der Waals surface area contributed by atoms with Crippen LogP contribution in [-0.2, 0) is 6.42 Å². The van der Waals surface area contributed by atoms with E-state index in [9.17, 15) is 4.39 Å². The van der Waals surface area contributed by atoms with Crippen LogP contribution in [0.3, 0.4) is 0 Å². The van der Waals surface area contributed by atoms with Crippen molar-refractivity contribution in [2.45, 2.75) is 6.42 Å². The minimum absolute atomic E-state index is 0.268. The topological polar surface area (TPSA) is 44.2 Å². The molecule has 4 nitrogen and oxygen atoms in total. The zero-order valence-electron chi connectivity index (χ0n) is 14.5. The fourth-order valence-corrected chi connectivity index (χ4v) is 2.76. The number of benzene rings is 3. The van der Waals surface area contributed by atoms with Gasteiger partial charge >= 0.3 is 0 Å². The van der Waals surface area contributed by atoms with Gasteiger partial charge < -0.3 is 9.47 Å². The maximum atomic E-state index is 13.8. The minimum atomic E-state index is -0.381. The second-order valence-corrected chi connectivity index (χ2v) is 5.97. The van der Waals surface area contributed by atoms with Crippen LogP contribution in [0.4, 0.5) is 4.39 Å². The van der Waals surface area contributed by atoms with Crippen molar-refractivity contribution in [3.8, 4) is 17.4 Å². The van der Waals surface area contributed by atoms with Gasteiger partial charge in [-0.3, -0.25) is 0 Å². The van der Waals surface area contributed by atoms with Gasteiger partial charge in [0.15, 0.2) is 0 Å². The molecule has 0 N–H and O–H groups in total. The van der Waals surface area contributed by atoms with Crippen molar-refractivity contribution in [3.63, 3.8) is 0 Å². The number of hydrogen-bond acceptors (Lipinski definition) is 4. The van der Waals surface area contributed by atoms with Crippen LogP contribution in [0.25, 0.3) is 10.9 Å². The number of fused-ring (bicyclic) bond motifs is 1. The molecule has 0 atom stereocenters. The molecule has 0 spiro atoms. The second-order valence-electron chi connectivity index (χ2n) is 5.97. The summed E-state index contributed by atoms with van der Waals surface area (Å²) in [5, 5.41) is 0.573. The Kier molecular flexibility index (Phi) is 4.92. The van der Waals surface area contributed by atoms with Crippen LogP contribution in [0.1, 0.15) is 5.56 Å².